The molecule has 3 rings (SSSR count). The molecular formula is C23H23FN2O3S. The smallest absolute Gasteiger partial charge is 0.261 e. The van der Waals surface area contributed by atoms with E-state index in [-0.39, 0.29) is 16.6 Å². The maximum atomic E-state index is 12.9. The molecule has 0 spiro atoms. The minimum Gasteiger partial charge on any atom is -0.352 e. The van der Waals surface area contributed by atoms with Gasteiger partial charge in [0.1, 0.15) is 5.82 Å². The molecule has 0 bridgehead atoms. The Balaban J connectivity index is 1.51. The molecule has 0 radical (unpaired) electrons. The maximum Gasteiger partial charge on any atom is 0.261 e. The fraction of sp³-hybridized carbons (Fsp3) is 0.174. The van der Waals surface area contributed by atoms with Crippen LogP contribution >= 0.6 is 0 Å². The van der Waals surface area contributed by atoms with Crippen molar-refractivity contribution in [2.24, 2.45) is 0 Å². The van der Waals surface area contributed by atoms with Crippen LogP contribution in [0.4, 0.5) is 10.1 Å². The molecule has 0 saturated carbocycles. The topological polar surface area (TPSA) is 75.3 Å². The van der Waals surface area contributed by atoms with Gasteiger partial charge in [0.2, 0.25) is 0 Å². The predicted molar refractivity (Wildman–Crippen MR) is 115 cm³/mol. The molecule has 7 heteroatoms. The molecule has 0 aliphatic heterocycles. The van der Waals surface area contributed by atoms with Gasteiger partial charge in [-0.2, -0.15) is 0 Å². The van der Waals surface area contributed by atoms with Gasteiger partial charge in [-0.15, -0.1) is 0 Å². The number of amides is 1. The van der Waals surface area contributed by atoms with Gasteiger partial charge >= 0.3 is 0 Å². The van der Waals surface area contributed by atoms with Crippen LogP contribution in [0.15, 0.2) is 77.7 Å². The van der Waals surface area contributed by atoms with Gasteiger partial charge in [-0.3, -0.25) is 9.52 Å². The minimum atomic E-state index is -3.68. The molecule has 0 aliphatic rings. The Kier molecular flexibility index (Phi) is 6.84. The highest BCUT2D eigenvalue weighted by atomic mass is 32.2. The summed E-state index contributed by atoms with van der Waals surface area (Å²) in [6.45, 7) is 2.37. The molecule has 0 heterocycles. The lowest BCUT2D eigenvalue weighted by molar-refractivity contribution is 0.0953. The number of halogens is 1. The second kappa shape index (κ2) is 9.54. The highest BCUT2D eigenvalue weighted by molar-refractivity contribution is 7.92. The Labute approximate surface area is 176 Å². The number of carbonyl (C=O) groups is 1. The predicted octanol–water partition coefficient (Wildman–Crippen LogP) is 4.30. The lowest BCUT2D eigenvalue weighted by Crippen LogP contribution is -2.24. The largest absolute Gasteiger partial charge is 0.352 e. The Bertz CT molecular complexity index is 1090. The van der Waals surface area contributed by atoms with E-state index in [1.165, 1.54) is 12.1 Å². The number of rotatable bonds is 8. The van der Waals surface area contributed by atoms with E-state index in [4.69, 9.17) is 0 Å². The molecule has 0 saturated heterocycles. The second-order valence-electron chi connectivity index (χ2n) is 6.98. The van der Waals surface area contributed by atoms with Gasteiger partial charge in [-0.05, 0) is 73.9 Å². The van der Waals surface area contributed by atoms with Gasteiger partial charge in [0.25, 0.3) is 15.9 Å². The zero-order valence-electron chi connectivity index (χ0n) is 16.6. The van der Waals surface area contributed by atoms with Crippen molar-refractivity contribution in [3.8, 4) is 0 Å². The molecule has 3 aromatic rings. The molecule has 2 N–H and O–H groups in total. The molecule has 1 amide bonds. The van der Waals surface area contributed by atoms with E-state index in [0.29, 0.717) is 17.8 Å². The molecule has 3 aromatic carbocycles. The highest BCUT2D eigenvalue weighted by Crippen LogP contribution is 2.17. The Morgan fingerprint density at radius 1 is 0.900 bits per heavy atom. The van der Waals surface area contributed by atoms with Gasteiger partial charge in [-0.1, -0.05) is 29.8 Å². The maximum absolute atomic E-state index is 12.9. The van der Waals surface area contributed by atoms with Crippen molar-refractivity contribution in [1.29, 1.82) is 0 Å². The van der Waals surface area contributed by atoms with Gasteiger partial charge in [0.05, 0.1) is 4.90 Å². The minimum absolute atomic E-state index is 0.177. The van der Waals surface area contributed by atoms with E-state index < -0.39 is 10.0 Å². The Morgan fingerprint density at radius 2 is 1.53 bits per heavy atom. The molecule has 30 heavy (non-hydrogen) atoms. The first-order valence-electron chi connectivity index (χ1n) is 9.56. The summed E-state index contributed by atoms with van der Waals surface area (Å²) in [6, 6.07) is 19.1. The quantitative estimate of drug-likeness (QED) is 0.528. The van der Waals surface area contributed by atoms with Crippen LogP contribution in [-0.2, 0) is 16.4 Å². The number of sulfonamides is 1. The van der Waals surface area contributed by atoms with Crippen LogP contribution in [0.3, 0.4) is 0 Å². The van der Waals surface area contributed by atoms with Crippen molar-refractivity contribution >= 4 is 21.6 Å². The summed E-state index contributed by atoms with van der Waals surface area (Å²) in [6.07, 6.45) is 1.46. The van der Waals surface area contributed by atoms with Crippen LogP contribution in [0.5, 0.6) is 0 Å². The number of hydrogen-bond acceptors (Lipinski definition) is 3. The van der Waals surface area contributed by atoms with E-state index in [9.17, 15) is 17.6 Å². The van der Waals surface area contributed by atoms with Gasteiger partial charge < -0.3 is 5.32 Å². The number of aryl methyl sites for hydroxylation is 2. The third-order valence-corrected chi connectivity index (χ3v) is 5.97. The van der Waals surface area contributed by atoms with Crippen molar-refractivity contribution in [2.45, 2.75) is 24.7 Å². The zero-order valence-corrected chi connectivity index (χ0v) is 17.4. The Hall–Kier alpha value is -3.19. The number of carbonyl (C=O) groups excluding carboxylic acids is 1. The lowest BCUT2D eigenvalue weighted by Gasteiger charge is -2.10. The number of anilines is 1. The van der Waals surface area contributed by atoms with Crippen molar-refractivity contribution in [2.75, 3.05) is 11.3 Å². The molecule has 156 valence electrons. The number of hydrogen-bond donors (Lipinski definition) is 2. The van der Waals surface area contributed by atoms with Crippen LogP contribution in [0.25, 0.3) is 0 Å². The van der Waals surface area contributed by atoms with Crippen LogP contribution in [-0.4, -0.2) is 20.9 Å². The van der Waals surface area contributed by atoms with E-state index in [1.807, 2.05) is 6.92 Å². The standard InChI is InChI=1S/C23H23FN2O3S/c1-17-4-14-22(15-5-17)30(28,29)26-21-12-8-19(9-13-21)23(27)25-16-2-3-18-6-10-20(24)11-7-18/h4-15,26H,2-3,16H2,1H3,(H,25,27). The summed E-state index contributed by atoms with van der Waals surface area (Å²) in [5.74, 6) is -0.501. The summed E-state index contributed by atoms with van der Waals surface area (Å²) in [5, 5.41) is 2.83. The van der Waals surface area contributed by atoms with Crippen molar-refractivity contribution in [3.05, 3.63) is 95.3 Å². The average Bonchev–Trinajstić information content (AvgIpc) is 2.73. The normalized spacial score (nSPS) is 11.1. The molecule has 0 atom stereocenters. The fourth-order valence-electron chi connectivity index (χ4n) is 2.87. The third-order valence-electron chi connectivity index (χ3n) is 4.57. The first-order valence-corrected chi connectivity index (χ1v) is 11.0. The van der Waals surface area contributed by atoms with E-state index in [0.717, 1.165) is 24.0 Å². The summed E-state index contributed by atoms with van der Waals surface area (Å²) in [4.78, 5) is 12.4. The van der Waals surface area contributed by atoms with Crippen molar-refractivity contribution < 1.29 is 17.6 Å². The SMILES string of the molecule is Cc1ccc(S(=O)(=O)Nc2ccc(C(=O)NCCCc3ccc(F)cc3)cc2)cc1. The first kappa shape index (κ1) is 21.5. The second-order valence-corrected chi connectivity index (χ2v) is 8.66. The summed E-state index contributed by atoms with van der Waals surface area (Å²) in [7, 11) is -3.68. The first-order chi connectivity index (χ1) is 14.3. The van der Waals surface area contributed by atoms with Gasteiger partial charge in [0, 0.05) is 17.8 Å². The van der Waals surface area contributed by atoms with Crippen LogP contribution < -0.4 is 10.0 Å². The van der Waals surface area contributed by atoms with Crippen molar-refractivity contribution in [3.63, 3.8) is 0 Å². The molecule has 5 nitrogen and oxygen atoms in total. The third kappa shape index (κ3) is 5.90. The summed E-state index contributed by atoms with van der Waals surface area (Å²) in [5.41, 5.74) is 2.80. The van der Waals surface area contributed by atoms with Gasteiger partial charge in [0.15, 0.2) is 0 Å². The summed E-state index contributed by atoms with van der Waals surface area (Å²) < 4.78 is 40.3. The lowest BCUT2D eigenvalue weighted by atomic mass is 10.1. The van der Waals surface area contributed by atoms with Crippen molar-refractivity contribution in [1.82, 2.24) is 5.32 Å². The number of benzene rings is 3. The molecule has 0 aromatic heterocycles. The number of nitrogens with one attached hydrogen (secondary N) is 2. The monoisotopic (exact) mass is 426 g/mol. The zero-order chi connectivity index (χ0) is 21.6. The van der Waals surface area contributed by atoms with Crippen LogP contribution in [0, 0.1) is 12.7 Å². The fourth-order valence-corrected chi connectivity index (χ4v) is 3.93. The Morgan fingerprint density at radius 3 is 2.17 bits per heavy atom. The van der Waals surface area contributed by atoms with Crippen LogP contribution in [0.1, 0.15) is 27.9 Å². The van der Waals surface area contributed by atoms with E-state index in [1.54, 1.807) is 60.7 Å². The summed E-state index contributed by atoms with van der Waals surface area (Å²) >= 11 is 0. The highest BCUT2D eigenvalue weighted by Gasteiger charge is 2.14. The van der Waals surface area contributed by atoms with E-state index >= 15 is 0 Å². The molecular weight excluding hydrogens is 403 g/mol. The van der Waals surface area contributed by atoms with Crippen LogP contribution in [0.2, 0.25) is 0 Å². The van der Waals surface area contributed by atoms with Gasteiger partial charge in [-0.25, -0.2) is 12.8 Å². The van der Waals surface area contributed by atoms with E-state index in [2.05, 4.69) is 10.0 Å². The average molecular weight is 427 g/mol. The molecule has 0 fully saturated rings. The molecule has 0 unspecified atom stereocenters. The molecule has 0 aliphatic carbocycles.